The Hall–Kier alpha value is -1.63. The highest BCUT2D eigenvalue weighted by Gasteiger charge is 2.21. The lowest BCUT2D eigenvalue weighted by atomic mass is 10.00. The maximum atomic E-state index is 11.1. The van der Waals surface area contributed by atoms with Gasteiger partial charge in [0.05, 0.1) is 12.7 Å². The highest BCUT2D eigenvalue weighted by molar-refractivity contribution is 5.93. The van der Waals surface area contributed by atoms with Gasteiger partial charge < -0.3 is 4.74 Å². The van der Waals surface area contributed by atoms with Gasteiger partial charge in [0.25, 0.3) is 0 Å². The predicted octanol–water partition coefficient (Wildman–Crippen LogP) is 1.22. The average molecular weight is 195 g/mol. The minimum Gasteiger partial charge on any atom is -0.465 e. The van der Waals surface area contributed by atoms with Gasteiger partial charge in [-0.15, -0.1) is 0 Å². The first-order valence-electron chi connectivity index (χ1n) is 4.27. The third kappa shape index (κ3) is 3.85. The Morgan fingerprint density at radius 1 is 1.57 bits per heavy atom. The number of nitrogens with zero attached hydrogens (tertiary/aromatic N) is 1. The number of hydrogen-bond donors (Lipinski definition) is 0. The van der Waals surface area contributed by atoms with Crippen LogP contribution in [0.3, 0.4) is 0 Å². The third-order valence-corrected chi connectivity index (χ3v) is 1.68. The zero-order valence-corrected chi connectivity index (χ0v) is 8.37. The van der Waals surface area contributed by atoms with Crippen LogP contribution >= 0.6 is 0 Å². The number of carbonyl (C=O) groups is 2. The van der Waals surface area contributed by atoms with Crippen LogP contribution in [0.25, 0.3) is 0 Å². The van der Waals surface area contributed by atoms with Gasteiger partial charge in [0.1, 0.15) is 5.92 Å². The van der Waals surface area contributed by atoms with Gasteiger partial charge in [0.2, 0.25) is 0 Å². The summed E-state index contributed by atoms with van der Waals surface area (Å²) in [6.07, 6.45) is 0.0463. The van der Waals surface area contributed by atoms with Crippen molar-refractivity contribution in [3.63, 3.8) is 0 Å². The predicted molar refractivity (Wildman–Crippen MR) is 50.2 cm³/mol. The Balaban J connectivity index is 4.31. The van der Waals surface area contributed by atoms with Crippen LogP contribution in [-0.4, -0.2) is 18.4 Å². The molecule has 0 amide bonds. The number of allylic oxidation sites excluding steroid dienone is 1. The van der Waals surface area contributed by atoms with E-state index < -0.39 is 11.9 Å². The molecule has 1 atom stereocenters. The van der Waals surface area contributed by atoms with Crippen LogP contribution < -0.4 is 0 Å². The van der Waals surface area contributed by atoms with Crippen molar-refractivity contribution in [1.82, 2.24) is 0 Å². The molecule has 0 radical (unpaired) electrons. The molecule has 4 nitrogen and oxygen atoms in total. The summed E-state index contributed by atoms with van der Waals surface area (Å²) in [6.45, 7) is 6.71. The van der Waals surface area contributed by atoms with Gasteiger partial charge in [0.15, 0.2) is 5.78 Å². The maximum Gasteiger partial charge on any atom is 0.323 e. The molecule has 4 heteroatoms. The molecule has 0 bridgehead atoms. The summed E-state index contributed by atoms with van der Waals surface area (Å²) in [5.74, 6) is -1.74. The molecule has 0 spiro atoms. The smallest absolute Gasteiger partial charge is 0.323 e. The van der Waals surface area contributed by atoms with E-state index in [-0.39, 0.29) is 24.4 Å². The largest absolute Gasteiger partial charge is 0.465 e. The summed E-state index contributed by atoms with van der Waals surface area (Å²) < 4.78 is 4.66. The van der Waals surface area contributed by atoms with E-state index in [2.05, 4.69) is 11.3 Å². The molecule has 0 rings (SSSR count). The number of nitriles is 1. The summed E-state index contributed by atoms with van der Waals surface area (Å²) in [5, 5.41) is 8.65. The fraction of sp³-hybridized carbons (Fsp3) is 0.500. The lowest BCUT2D eigenvalue weighted by Gasteiger charge is -2.07. The van der Waals surface area contributed by atoms with Crippen molar-refractivity contribution in [3.05, 3.63) is 12.2 Å². The minimum absolute atomic E-state index is 0.0463. The Labute approximate surface area is 83.2 Å². The van der Waals surface area contributed by atoms with Gasteiger partial charge in [0, 0.05) is 6.42 Å². The van der Waals surface area contributed by atoms with Gasteiger partial charge in [-0.3, -0.25) is 9.59 Å². The molecule has 0 saturated heterocycles. The Morgan fingerprint density at radius 2 is 2.14 bits per heavy atom. The fourth-order valence-electron chi connectivity index (χ4n) is 0.815. The number of esters is 1. The number of rotatable bonds is 5. The van der Waals surface area contributed by atoms with Crippen LogP contribution in [0.1, 0.15) is 20.3 Å². The number of Topliss-reactive ketones (excluding diaryl/α,β-unsaturated/α-hetero) is 1. The summed E-state index contributed by atoms with van der Waals surface area (Å²) in [7, 11) is 0. The third-order valence-electron chi connectivity index (χ3n) is 1.68. The Kier molecular flexibility index (Phi) is 5.23. The first-order valence-corrected chi connectivity index (χ1v) is 4.27. The Bertz CT molecular complexity index is 288. The molecule has 0 aliphatic heterocycles. The van der Waals surface area contributed by atoms with Crippen molar-refractivity contribution in [2.45, 2.75) is 20.3 Å². The molecular weight excluding hydrogens is 182 g/mol. The topological polar surface area (TPSA) is 67.2 Å². The monoisotopic (exact) mass is 195 g/mol. The molecule has 76 valence electrons. The van der Waals surface area contributed by atoms with Crippen molar-refractivity contribution in [1.29, 1.82) is 5.26 Å². The zero-order chi connectivity index (χ0) is 11.1. The van der Waals surface area contributed by atoms with Crippen LogP contribution in [0.4, 0.5) is 0 Å². The lowest BCUT2D eigenvalue weighted by molar-refractivity contribution is -0.145. The summed E-state index contributed by atoms with van der Waals surface area (Å²) in [5.41, 5.74) is 0.268. The fourth-order valence-corrected chi connectivity index (χ4v) is 0.815. The van der Waals surface area contributed by atoms with Gasteiger partial charge in [-0.2, -0.15) is 5.26 Å². The van der Waals surface area contributed by atoms with Crippen LogP contribution in [0, 0.1) is 17.2 Å². The normalized spacial score (nSPS) is 11.2. The van der Waals surface area contributed by atoms with E-state index in [1.165, 1.54) is 6.92 Å². The molecule has 0 aliphatic rings. The van der Waals surface area contributed by atoms with Gasteiger partial charge in [-0.05, 0) is 19.4 Å². The van der Waals surface area contributed by atoms with Gasteiger partial charge in [-0.1, -0.05) is 6.58 Å². The lowest BCUT2D eigenvalue weighted by Crippen LogP contribution is -2.17. The molecule has 0 aromatic rings. The molecule has 0 fully saturated rings. The maximum absolute atomic E-state index is 11.1. The van der Waals surface area contributed by atoms with E-state index in [1.807, 2.05) is 0 Å². The number of carbonyl (C=O) groups excluding carboxylic acids is 2. The first-order chi connectivity index (χ1) is 6.52. The highest BCUT2D eigenvalue weighted by Crippen LogP contribution is 2.12. The molecule has 14 heavy (non-hydrogen) atoms. The molecule has 0 N–H and O–H groups in total. The van der Waals surface area contributed by atoms with Crippen LogP contribution in [-0.2, 0) is 14.3 Å². The van der Waals surface area contributed by atoms with Crippen LogP contribution in [0.15, 0.2) is 12.2 Å². The van der Waals surface area contributed by atoms with Crippen LogP contribution in [0.5, 0.6) is 0 Å². The van der Waals surface area contributed by atoms with Gasteiger partial charge >= 0.3 is 5.97 Å². The SMILES string of the molecule is C=C(CC(C#N)C(=O)OCC)C(C)=O. The standard InChI is InChI=1S/C10H13NO3/c1-4-14-10(13)9(6-11)5-7(2)8(3)12/h9H,2,4-5H2,1,3H3. The quantitative estimate of drug-likeness (QED) is 0.488. The molecule has 0 aromatic heterocycles. The second-order valence-corrected chi connectivity index (χ2v) is 2.80. The van der Waals surface area contributed by atoms with Crippen molar-refractivity contribution in [2.24, 2.45) is 5.92 Å². The molecule has 0 aromatic carbocycles. The van der Waals surface area contributed by atoms with Crippen molar-refractivity contribution in [2.75, 3.05) is 6.61 Å². The van der Waals surface area contributed by atoms with E-state index in [4.69, 9.17) is 5.26 Å². The summed E-state index contributed by atoms with van der Waals surface area (Å²) in [4.78, 5) is 21.9. The second kappa shape index (κ2) is 5.92. The second-order valence-electron chi connectivity index (χ2n) is 2.80. The highest BCUT2D eigenvalue weighted by atomic mass is 16.5. The van der Waals surface area contributed by atoms with Gasteiger partial charge in [-0.25, -0.2) is 0 Å². The van der Waals surface area contributed by atoms with Crippen molar-refractivity contribution < 1.29 is 14.3 Å². The zero-order valence-electron chi connectivity index (χ0n) is 8.37. The number of ether oxygens (including phenoxy) is 1. The van der Waals surface area contributed by atoms with Crippen molar-refractivity contribution in [3.8, 4) is 6.07 Å². The molecule has 0 aliphatic carbocycles. The average Bonchev–Trinajstić information content (AvgIpc) is 2.13. The molecule has 1 unspecified atom stereocenters. The Morgan fingerprint density at radius 3 is 2.50 bits per heavy atom. The number of hydrogen-bond acceptors (Lipinski definition) is 4. The summed E-state index contributed by atoms with van der Waals surface area (Å²) in [6, 6.07) is 1.78. The van der Waals surface area contributed by atoms with E-state index in [1.54, 1.807) is 13.0 Å². The van der Waals surface area contributed by atoms with Crippen LogP contribution in [0.2, 0.25) is 0 Å². The molecular formula is C10H13NO3. The number of ketones is 1. The summed E-state index contributed by atoms with van der Waals surface area (Å²) >= 11 is 0. The van der Waals surface area contributed by atoms with E-state index >= 15 is 0 Å². The minimum atomic E-state index is -0.925. The molecule has 0 heterocycles. The first kappa shape index (κ1) is 12.4. The molecule has 0 saturated carbocycles. The van der Waals surface area contributed by atoms with E-state index in [9.17, 15) is 9.59 Å². The van der Waals surface area contributed by atoms with Crippen molar-refractivity contribution >= 4 is 11.8 Å². The van der Waals surface area contributed by atoms with E-state index in [0.29, 0.717) is 0 Å². The van der Waals surface area contributed by atoms with E-state index in [0.717, 1.165) is 0 Å².